The summed E-state index contributed by atoms with van der Waals surface area (Å²) in [6, 6.07) is 0. The van der Waals surface area contributed by atoms with Gasteiger partial charge < -0.3 is 10.2 Å². The Labute approximate surface area is 124 Å². The summed E-state index contributed by atoms with van der Waals surface area (Å²) in [4.78, 5) is 2.34. The van der Waals surface area contributed by atoms with Crippen molar-refractivity contribution in [3.05, 3.63) is 11.3 Å². The summed E-state index contributed by atoms with van der Waals surface area (Å²) >= 11 is 0. The first-order valence-electron chi connectivity index (χ1n) is 7.64. The fourth-order valence-electron chi connectivity index (χ4n) is 2.41. The van der Waals surface area contributed by atoms with E-state index in [9.17, 15) is 0 Å². The molecule has 0 aliphatic rings. The number of aromatic nitrogens is 2. The average molecular weight is 280 g/mol. The van der Waals surface area contributed by atoms with E-state index in [1.165, 1.54) is 17.8 Å². The smallest absolute Gasteiger partial charge is 0.131 e. The molecule has 0 radical (unpaired) electrons. The molecule has 1 atom stereocenters. The lowest BCUT2D eigenvalue weighted by Crippen LogP contribution is -2.36. The third-order valence-corrected chi connectivity index (χ3v) is 3.75. The minimum absolute atomic E-state index is 0.120. The molecular formula is C16H32N4. The highest BCUT2D eigenvalue weighted by Crippen LogP contribution is 2.24. The van der Waals surface area contributed by atoms with Gasteiger partial charge in [0.15, 0.2) is 0 Å². The lowest BCUT2D eigenvalue weighted by molar-refractivity contribution is 0.423. The maximum Gasteiger partial charge on any atom is 0.131 e. The molecule has 116 valence electrons. The van der Waals surface area contributed by atoms with Gasteiger partial charge in [0.25, 0.3) is 0 Å². The Morgan fingerprint density at radius 3 is 2.45 bits per heavy atom. The van der Waals surface area contributed by atoms with Gasteiger partial charge in [0.1, 0.15) is 5.82 Å². The third-order valence-electron chi connectivity index (χ3n) is 3.75. The molecule has 1 unspecified atom stereocenters. The zero-order valence-electron chi connectivity index (χ0n) is 14.5. The first kappa shape index (κ1) is 17.0. The van der Waals surface area contributed by atoms with E-state index in [-0.39, 0.29) is 5.54 Å². The fraction of sp³-hybridized carbons (Fsp3) is 0.812. The lowest BCUT2D eigenvalue weighted by atomic mass is 10.1. The average Bonchev–Trinajstić information content (AvgIpc) is 2.59. The molecule has 0 bridgehead atoms. The van der Waals surface area contributed by atoms with Gasteiger partial charge in [-0.15, -0.1) is 0 Å². The van der Waals surface area contributed by atoms with E-state index in [2.05, 4.69) is 63.9 Å². The maximum absolute atomic E-state index is 4.60. The zero-order valence-corrected chi connectivity index (χ0v) is 14.5. The van der Waals surface area contributed by atoms with Crippen molar-refractivity contribution in [1.82, 2.24) is 15.1 Å². The first-order valence-corrected chi connectivity index (χ1v) is 7.64. The Bertz CT molecular complexity index is 428. The first-order chi connectivity index (χ1) is 9.15. The van der Waals surface area contributed by atoms with Gasteiger partial charge in [0.05, 0.1) is 5.69 Å². The number of aryl methyl sites for hydroxylation is 2. The molecule has 0 spiro atoms. The zero-order chi connectivity index (χ0) is 15.5. The minimum Gasteiger partial charge on any atom is -0.359 e. The van der Waals surface area contributed by atoms with E-state index in [1.807, 2.05) is 11.7 Å². The minimum atomic E-state index is 0.120. The SMILES string of the molecule is CCC(C)CN(C)c1c(CNC(C)(C)C)c(C)nn1C. The maximum atomic E-state index is 4.60. The number of rotatable bonds is 6. The molecule has 0 amide bonds. The molecule has 1 rings (SSSR count). The molecule has 0 saturated carbocycles. The van der Waals surface area contributed by atoms with Crippen LogP contribution in [0.15, 0.2) is 0 Å². The monoisotopic (exact) mass is 280 g/mol. The molecule has 1 N–H and O–H groups in total. The van der Waals surface area contributed by atoms with Crippen molar-refractivity contribution in [3.8, 4) is 0 Å². The quantitative estimate of drug-likeness (QED) is 0.869. The number of nitrogens with zero attached hydrogens (tertiary/aromatic N) is 3. The highest BCUT2D eigenvalue weighted by molar-refractivity contribution is 5.49. The van der Waals surface area contributed by atoms with Gasteiger partial charge >= 0.3 is 0 Å². The van der Waals surface area contributed by atoms with Crippen LogP contribution in [0.5, 0.6) is 0 Å². The summed E-state index contributed by atoms with van der Waals surface area (Å²) < 4.78 is 2.01. The van der Waals surface area contributed by atoms with Gasteiger partial charge in [0.2, 0.25) is 0 Å². The van der Waals surface area contributed by atoms with E-state index in [0.29, 0.717) is 5.92 Å². The van der Waals surface area contributed by atoms with Crippen LogP contribution >= 0.6 is 0 Å². The van der Waals surface area contributed by atoms with Crippen LogP contribution in [0.3, 0.4) is 0 Å². The normalized spacial score (nSPS) is 13.6. The molecule has 0 fully saturated rings. The van der Waals surface area contributed by atoms with Crippen LogP contribution in [0.1, 0.15) is 52.3 Å². The van der Waals surface area contributed by atoms with Crippen molar-refractivity contribution >= 4 is 5.82 Å². The Morgan fingerprint density at radius 1 is 1.35 bits per heavy atom. The van der Waals surface area contributed by atoms with E-state index >= 15 is 0 Å². The van der Waals surface area contributed by atoms with Crippen LogP contribution in [0, 0.1) is 12.8 Å². The Hall–Kier alpha value is -1.03. The highest BCUT2D eigenvalue weighted by atomic mass is 15.4. The lowest BCUT2D eigenvalue weighted by Gasteiger charge is -2.26. The van der Waals surface area contributed by atoms with Crippen LogP contribution < -0.4 is 10.2 Å². The summed E-state index contributed by atoms with van der Waals surface area (Å²) in [6.07, 6.45) is 1.21. The van der Waals surface area contributed by atoms with Crippen molar-refractivity contribution in [3.63, 3.8) is 0 Å². The second kappa shape index (κ2) is 6.61. The fourth-order valence-corrected chi connectivity index (χ4v) is 2.41. The molecule has 4 nitrogen and oxygen atoms in total. The van der Waals surface area contributed by atoms with Crippen LogP contribution in [-0.2, 0) is 13.6 Å². The number of hydrogen-bond acceptors (Lipinski definition) is 3. The summed E-state index contributed by atoms with van der Waals surface area (Å²) in [5, 5.41) is 8.18. The molecule has 20 heavy (non-hydrogen) atoms. The summed E-state index contributed by atoms with van der Waals surface area (Å²) in [6.45, 7) is 15.2. The van der Waals surface area contributed by atoms with Crippen molar-refractivity contribution in [2.45, 2.75) is 60.0 Å². The molecule has 0 aliphatic carbocycles. The van der Waals surface area contributed by atoms with E-state index in [4.69, 9.17) is 0 Å². The number of nitrogens with one attached hydrogen (secondary N) is 1. The molecule has 4 heteroatoms. The van der Waals surface area contributed by atoms with Gasteiger partial charge in [-0.25, -0.2) is 0 Å². The largest absolute Gasteiger partial charge is 0.359 e. The molecule has 1 heterocycles. The van der Waals surface area contributed by atoms with Gasteiger partial charge in [-0.2, -0.15) is 5.10 Å². The molecule has 0 aromatic carbocycles. The standard InChI is InChI=1S/C16H32N4/c1-9-12(2)11-19(7)15-14(10-17-16(4,5)6)13(3)18-20(15)8/h12,17H,9-11H2,1-8H3. The predicted molar refractivity (Wildman–Crippen MR) is 87.3 cm³/mol. The van der Waals surface area contributed by atoms with E-state index in [1.54, 1.807) is 0 Å². The van der Waals surface area contributed by atoms with Crippen molar-refractivity contribution in [1.29, 1.82) is 0 Å². The summed E-state index contributed by atoms with van der Waals surface area (Å²) in [5.74, 6) is 1.93. The molecule has 0 saturated heterocycles. The topological polar surface area (TPSA) is 33.1 Å². The molecule has 1 aromatic rings. The van der Waals surface area contributed by atoms with Crippen LogP contribution in [-0.4, -0.2) is 28.9 Å². The van der Waals surface area contributed by atoms with Crippen molar-refractivity contribution in [2.24, 2.45) is 13.0 Å². The second-order valence-corrected chi connectivity index (χ2v) is 7.01. The molecule has 0 aliphatic heterocycles. The van der Waals surface area contributed by atoms with E-state index in [0.717, 1.165) is 18.8 Å². The van der Waals surface area contributed by atoms with Crippen LogP contribution in [0.4, 0.5) is 5.82 Å². The second-order valence-electron chi connectivity index (χ2n) is 7.01. The predicted octanol–water partition coefficient (Wildman–Crippen LogP) is 3.10. The van der Waals surface area contributed by atoms with Gasteiger partial charge in [-0.05, 0) is 33.6 Å². The molecular weight excluding hydrogens is 248 g/mol. The van der Waals surface area contributed by atoms with Gasteiger partial charge in [0, 0.05) is 38.3 Å². The Kier molecular flexibility index (Phi) is 5.63. The van der Waals surface area contributed by atoms with E-state index < -0.39 is 0 Å². The van der Waals surface area contributed by atoms with Crippen LogP contribution in [0.2, 0.25) is 0 Å². The van der Waals surface area contributed by atoms with Crippen molar-refractivity contribution < 1.29 is 0 Å². The number of anilines is 1. The molecule has 1 aromatic heterocycles. The number of hydrogen-bond donors (Lipinski definition) is 1. The Morgan fingerprint density at radius 2 is 1.95 bits per heavy atom. The highest BCUT2D eigenvalue weighted by Gasteiger charge is 2.19. The van der Waals surface area contributed by atoms with Crippen LogP contribution in [0.25, 0.3) is 0 Å². The summed E-state index contributed by atoms with van der Waals surface area (Å²) in [5.41, 5.74) is 2.55. The third kappa shape index (κ3) is 4.51. The summed E-state index contributed by atoms with van der Waals surface area (Å²) in [7, 11) is 4.21. The Balaban J connectivity index is 2.94. The van der Waals surface area contributed by atoms with Gasteiger partial charge in [-0.1, -0.05) is 20.3 Å². The van der Waals surface area contributed by atoms with Gasteiger partial charge in [-0.3, -0.25) is 4.68 Å². The van der Waals surface area contributed by atoms with Crippen molar-refractivity contribution in [2.75, 3.05) is 18.5 Å².